The molecule has 2 aromatic rings. The van der Waals surface area contributed by atoms with Crippen LogP contribution in [0.4, 0.5) is 0 Å². The summed E-state index contributed by atoms with van der Waals surface area (Å²) in [6.45, 7) is 4.45. The minimum atomic E-state index is -3.61. The monoisotopic (exact) mass is 405 g/mol. The molecule has 1 fully saturated rings. The zero-order valence-electron chi connectivity index (χ0n) is 15.8. The van der Waals surface area contributed by atoms with Crippen LogP contribution in [0.15, 0.2) is 45.9 Å². The maximum absolute atomic E-state index is 12.9. The maximum Gasteiger partial charge on any atom is 0.287 e. The second kappa shape index (κ2) is 8.15. The van der Waals surface area contributed by atoms with E-state index in [4.69, 9.17) is 4.42 Å². The maximum atomic E-state index is 12.9. The summed E-state index contributed by atoms with van der Waals surface area (Å²) in [5, 5.41) is 2.51. The summed E-state index contributed by atoms with van der Waals surface area (Å²) < 4.78 is 32.3. The quantitative estimate of drug-likeness (QED) is 0.805. The van der Waals surface area contributed by atoms with Crippen LogP contribution in [0.1, 0.15) is 21.7 Å². The van der Waals surface area contributed by atoms with Gasteiger partial charge in [0, 0.05) is 26.2 Å². The molecule has 8 nitrogen and oxygen atoms in total. The Morgan fingerprint density at radius 3 is 2.46 bits per heavy atom. The van der Waals surface area contributed by atoms with E-state index in [2.05, 4.69) is 5.32 Å². The van der Waals surface area contributed by atoms with E-state index in [1.165, 1.54) is 16.6 Å². The van der Waals surface area contributed by atoms with Crippen molar-refractivity contribution in [2.75, 3.05) is 32.7 Å². The van der Waals surface area contributed by atoms with Gasteiger partial charge in [0.15, 0.2) is 5.76 Å². The van der Waals surface area contributed by atoms with Gasteiger partial charge in [0.2, 0.25) is 15.9 Å². The summed E-state index contributed by atoms with van der Waals surface area (Å²) >= 11 is 0. The van der Waals surface area contributed by atoms with E-state index in [0.29, 0.717) is 10.5 Å². The molecule has 150 valence electrons. The lowest BCUT2D eigenvalue weighted by Gasteiger charge is -2.34. The molecule has 3 rings (SSSR count). The third-order valence-electron chi connectivity index (χ3n) is 4.70. The highest BCUT2D eigenvalue weighted by Crippen LogP contribution is 2.22. The van der Waals surface area contributed by atoms with Crippen LogP contribution in [0.2, 0.25) is 0 Å². The Morgan fingerprint density at radius 1 is 1.11 bits per heavy atom. The first-order valence-corrected chi connectivity index (χ1v) is 10.4. The molecule has 1 aliphatic rings. The minimum absolute atomic E-state index is 0.136. The zero-order valence-corrected chi connectivity index (χ0v) is 16.7. The first-order valence-electron chi connectivity index (χ1n) is 8.96. The number of aryl methyl sites for hydroxylation is 2. The van der Waals surface area contributed by atoms with Gasteiger partial charge < -0.3 is 14.6 Å². The number of sulfonamides is 1. The summed E-state index contributed by atoms with van der Waals surface area (Å²) in [6.07, 6.45) is 1.38. The number of amides is 2. The smallest absolute Gasteiger partial charge is 0.287 e. The third-order valence-corrected chi connectivity index (χ3v) is 6.74. The van der Waals surface area contributed by atoms with Gasteiger partial charge in [-0.25, -0.2) is 8.42 Å². The largest absolute Gasteiger partial charge is 0.459 e. The molecule has 0 spiro atoms. The molecule has 0 atom stereocenters. The number of nitrogens with zero attached hydrogens (tertiary/aromatic N) is 2. The highest BCUT2D eigenvalue weighted by molar-refractivity contribution is 7.89. The van der Waals surface area contributed by atoms with Crippen molar-refractivity contribution in [3.63, 3.8) is 0 Å². The van der Waals surface area contributed by atoms with Crippen LogP contribution in [-0.4, -0.2) is 62.2 Å². The SMILES string of the molecule is Cc1ccc(C)c(S(=O)(=O)N2CCN(C(=O)CNC(=O)c3ccco3)CC2)c1. The fraction of sp³-hybridized carbons (Fsp3) is 0.368. The van der Waals surface area contributed by atoms with Gasteiger partial charge in [-0.2, -0.15) is 4.31 Å². The van der Waals surface area contributed by atoms with Gasteiger partial charge in [0.1, 0.15) is 0 Å². The Labute approximate surface area is 164 Å². The Bertz CT molecular complexity index is 961. The van der Waals surface area contributed by atoms with Gasteiger partial charge in [-0.3, -0.25) is 9.59 Å². The summed E-state index contributed by atoms with van der Waals surface area (Å²) in [5.41, 5.74) is 1.58. The van der Waals surface area contributed by atoms with Gasteiger partial charge in [-0.05, 0) is 43.2 Å². The van der Waals surface area contributed by atoms with E-state index in [-0.39, 0.29) is 44.4 Å². The van der Waals surface area contributed by atoms with Crippen molar-refractivity contribution >= 4 is 21.8 Å². The minimum Gasteiger partial charge on any atom is -0.459 e. The van der Waals surface area contributed by atoms with Gasteiger partial charge >= 0.3 is 0 Å². The van der Waals surface area contributed by atoms with Crippen molar-refractivity contribution < 1.29 is 22.4 Å². The molecule has 2 heterocycles. The molecule has 0 radical (unpaired) electrons. The number of furan rings is 1. The average molecular weight is 405 g/mol. The molecule has 0 unspecified atom stereocenters. The molecule has 9 heteroatoms. The van der Waals surface area contributed by atoms with E-state index in [1.54, 1.807) is 30.0 Å². The van der Waals surface area contributed by atoms with Crippen molar-refractivity contribution in [3.05, 3.63) is 53.5 Å². The summed E-state index contributed by atoms with van der Waals surface area (Å²) in [5.74, 6) is -0.588. The Hall–Kier alpha value is -2.65. The molecular formula is C19H23N3O5S. The summed E-state index contributed by atoms with van der Waals surface area (Å²) in [4.78, 5) is 26.0. The topological polar surface area (TPSA) is 99.9 Å². The van der Waals surface area contributed by atoms with Crippen LogP contribution in [0, 0.1) is 13.8 Å². The molecule has 1 saturated heterocycles. The van der Waals surface area contributed by atoms with E-state index < -0.39 is 15.9 Å². The number of nitrogens with one attached hydrogen (secondary N) is 1. The molecule has 1 aromatic carbocycles. The highest BCUT2D eigenvalue weighted by atomic mass is 32.2. The fourth-order valence-corrected chi connectivity index (χ4v) is 4.80. The van der Waals surface area contributed by atoms with Gasteiger partial charge in [0.25, 0.3) is 5.91 Å². The lowest BCUT2D eigenvalue weighted by Crippen LogP contribution is -2.52. The van der Waals surface area contributed by atoms with Crippen molar-refractivity contribution in [2.45, 2.75) is 18.7 Å². The van der Waals surface area contributed by atoms with Crippen LogP contribution in [0.25, 0.3) is 0 Å². The van der Waals surface area contributed by atoms with Crippen molar-refractivity contribution in [1.29, 1.82) is 0 Å². The molecule has 1 N–H and O–H groups in total. The van der Waals surface area contributed by atoms with E-state index >= 15 is 0 Å². The molecule has 0 bridgehead atoms. The standard InChI is InChI=1S/C19H23N3O5S/c1-14-5-6-15(2)17(12-14)28(25,26)22-9-7-21(8-10-22)18(23)13-20-19(24)16-4-3-11-27-16/h3-6,11-12H,7-10,13H2,1-2H3,(H,20,24). The number of piperazine rings is 1. The lowest BCUT2D eigenvalue weighted by molar-refractivity contribution is -0.131. The Morgan fingerprint density at radius 2 is 1.82 bits per heavy atom. The zero-order chi connectivity index (χ0) is 20.3. The lowest BCUT2D eigenvalue weighted by atomic mass is 10.2. The first-order chi connectivity index (χ1) is 13.3. The number of benzene rings is 1. The fourth-order valence-electron chi connectivity index (χ4n) is 3.06. The number of carbonyl (C=O) groups is 2. The summed E-state index contributed by atoms with van der Waals surface area (Å²) in [7, 11) is -3.61. The molecule has 2 amide bonds. The van der Waals surface area contributed by atoms with Crippen molar-refractivity contribution in [1.82, 2.24) is 14.5 Å². The van der Waals surface area contributed by atoms with Crippen LogP contribution in [-0.2, 0) is 14.8 Å². The number of hydrogen-bond acceptors (Lipinski definition) is 5. The van der Waals surface area contributed by atoms with Crippen LogP contribution in [0.5, 0.6) is 0 Å². The van der Waals surface area contributed by atoms with Crippen LogP contribution >= 0.6 is 0 Å². The number of carbonyl (C=O) groups excluding carboxylic acids is 2. The molecule has 28 heavy (non-hydrogen) atoms. The van der Waals surface area contributed by atoms with Crippen molar-refractivity contribution in [2.24, 2.45) is 0 Å². The van der Waals surface area contributed by atoms with Gasteiger partial charge in [-0.1, -0.05) is 12.1 Å². The molecule has 0 saturated carbocycles. The van der Waals surface area contributed by atoms with Crippen molar-refractivity contribution in [3.8, 4) is 0 Å². The number of hydrogen-bond donors (Lipinski definition) is 1. The van der Waals surface area contributed by atoms with E-state index in [9.17, 15) is 18.0 Å². The third kappa shape index (κ3) is 4.26. The molecular weight excluding hydrogens is 382 g/mol. The second-order valence-corrected chi connectivity index (χ2v) is 8.62. The Balaban J connectivity index is 1.57. The van der Waals surface area contributed by atoms with E-state index in [0.717, 1.165) is 5.56 Å². The highest BCUT2D eigenvalue weighted by Gasteiger charge is 2.31. The van der Waals surface area contributed by atoms with Gasteiger partial charge in [-0.15, -0.1) is 0 Å². The van der Waals surface area contributed by atoms with Crippen LogP contribution < -0.4 is 5.32 Å². The van der Waals surface area contributed by atoms with Gasteiger partial charge in [0.05, 0.1) is 17.7 Å². The number of rotatable bonds is 5. The average Bonchev–Trinajstić information content (AvgIpc) is 3.22. The van der Waals surface area contributed by atoms with Crippen LogP contribution in [0.3, 0.4) is 0 Å². The summed E-state index contributed by atoms with van der Waals surface area (Å²) in [6, 6.07) is 8.45. The Kier molecular flexibility index (Phi) is 5.85. The normalized spacial score (nSPS) is 15.4. The molecule has 1 aromatic heterocycles. The predicted octanol–water partition coefficient (Wildman–Crippen LogP) is 1.16. The molecule has 1 aliphatic heterocycles. The first kappa shape index (κ1) is 20.1. The molecule has 0 aliphatic carbocycles. The van der Waals surface area contributed by atoms with E-state index in [1.807, 2.05) is 13.0 Å². The predicted molar refractivity (Wildman–Crippen MR) is 102 cm³/mol. The second-order valence-electron chi connectivity index (χ2n) is 6.71.